The van der Waals surface area contributed by atoms with Crippen molar-refractivity contribution in [3.63, 3.8) is 0 Å². The third-order valence-electron chi connectivity index (χ3n) is 7.46. The van der Waals surface area contributed by atoms with E-state index in [4.69, 9.17) is 13.9 Å². The van der Waals surface area contributed by atoms with Crippen LogP contribution >= 0.6 is 0 Å². The SMILES string of the molecule is COC(=O)[C@@H](NS(=O)(=O)C1(NC(=O)c2oc3cccc(C(C)OC)c3c2C)C=CC(c2ccccc2)=CC1)C(C)C. The molecule has 2 N–H and O–H groups in total. The van der Waals surface area contributed by atoms with Gasteiger partial charge in [0.15, 0.2) is 10.6 Å². The first-order valence-corrected chi connectivity index (χ1v) is 14.8. The molecule has 2 aromatic carbocycles. The molecule has 9 nitrogen and oxygen atoms in total. The molecule has 10 heteroatoms. The number of sulfonamides is 1. The van der Waals surface area contributed by atoms with Crippen LogP contribution in [0.15, 0.2) is 71.2 Å². The Labute approximate surface area is 240 Å². The van der Waals surface area contributed by atoms with Gasteiger partial charge in [-0.2, -0.15) is 4.72 Å². The third-order valence-corrected chi connectivity index (χ3v) is 9.38. The highest BCUT2D eigenvalue weighted by atomic mass is 32.2. The fraction of sp³-hybridized carbons (Fsp3) is 0.355. The molecule has 218 valence electrons. The zero-order valence-corrected chi connectivity index (χ0v) is 24.9. The first kappa shape index (κ1) is 30.2. The Bertz CT molecular complexity index is 1610. The number of nitrogens with one attached hydrogen (secondary N) is 2. The molecule has 1 heterocycles. The lowest BCUT2D eigenvalue weighted by molar-refractivity contribution is -0.143. The maximum absolute atomic E-state index is 14.0. The highest BCUT2D eigenvalue weighted by Gasteiger charge is 2.47. The summed E-state index contributed by atoms with van der Waals surface area (Å²) in [5.41, 5.74) is 3.60. The average molecular weight is 581 g/mol. The largest absolute Gasteiger partial charge is 0.468 e. The van der Waals surface area contributed by atoms with E-state index in [1.54, 1.807) is 46.1 Å². The topological polar surface area (TPSA) is 124 Å². The number of rotatable bonds is 10. The van der Waals surface area contributed by atoms with E-state index >= 15 is 0 Å². The number of allylic oxidation sites excluding steroid dienone is 2. The van der Waals surface area contributed by atoms with Crippen molar-refractivity contribution in [2.45, 2.75) is 51.1 Å². The molecule has 0 radical (unpaired) electrons. The van der Waals surface area contributed by atoms with Gasteiger partial charge in [0, 0.05) is 24.5 Å². The number of aryl methyl sites for hydroxylation is 1. The van der Waals surface area contributed by atoms with Crippen molar-refractivity contribution < 1.29 is 31.9 Å². The van der Waals surface area contributed by atoms with Crippen molar-refractivity contribution in [1.82, 2.24) is 10.0 Å². The number of benzene rings is 2. The molecule has 3 aromatic rings. The second kappa shape index (κ2) is 12.0. The lowest BCUT2D eigenvalue weighted by Gasteiger charge is -2.34. The van der Waals surface area contributed by atoms with E-state index < -0.39 is 38.7 Å². The number of methoxy groups -OCH3 is 2. The second-order valence-electron chi connectivity index (χ2n) is 10.4. The van der Waals surface area contributed by atoms with Crippen LogP contribution in [0.3, 0.4) is 0 Å². The predicted octanol–water partition coefficient (Wildman–Crippen LogP) is 5.04. The minimum atomic E-state index is -4.40. The molecule has 41 heavy (non-hydrogen) atoms. The average Bonchev–Trinajstić information content (AvgIpc) is 3.32. The van der Waals surface area contributed by atoms with Crippen LogP contribution in [-0.4, -0.2) is 45.4 Å². The van der Waals surface area contributed by atoms with E-state index in [2.05, 4.69) is 10.0 Å². The maximum atomic E-state index is 14.0. The Hall–Kier alpha value is -3.73. The molecule has 1 amide bonds. The summed E-state index contributed by atoms with van der Waals surface area (Å²) in [5.74, 6) is -1.85. The standard InChI is InChI=1S/C31H36N2O7S/c1-19(2)27(30(35)39-6)33-41(36,37)31(17-15-23(16-18-31)22-11-8-7-9-12-22)32-29(34)28-20(3)26-24(21(4)38-5)13-10-14-25(26)40-28/h7-17,19,21,27,33H,18H2,1-6H3,(H,32,34)/t21?,27-,31?/m0/s1. The van der Waals surface area contributed by atoms with Gasteiger partial charge in [-0.1, -0.05) is 68.5 Å². The number of carbonyl (C=O) groups excluding carboxylic acids is 2. The Morgan fingerprint density at radius 1 is 1.02 bits per heavy atom. The number of amides is 1. The molecule has 3 atom stereocenters. The monoisotopic (exact) mass is 580 g/mol. The van der Waals surface area contributed by atoms with Crippen LogP contribution in [0.2, 0.25) is 0 Å². The van der Waals surface area contributed by atoms with E-state index in [9.17, 15) is 18.0 Å². The predicted molar refractivity (Wildman–Crippen MR) is 157 cm³/mol. The smallest absolute Gasteiger partial charge is 0.324 e. The van der Waals surface area contributed by atoms with Gasteiger partial charge in [-0.25, -0.2) is 8.42 Å². The summed E-state index contributed by atoms with van der Waals surface area (Å²) < 4.78 is 46.9. The van der Waals surface area contributed by atoms with Gasteiger partial charge in [-0.15, -0.1) is 0 Å². The Balaban J connectivity index is 1.76. The van der Waals surface area contributed by atoms with Crippen molar-refractivity contribution in [2.75, 3.05) is 14.2 Å². The molecule has 4 rings (SSSR count). The van der Waals surface area contributed by atoms with Crippen molar-refractivity contribution in [3.8, 4) is 0 Å². The van der Waals surface area contributed by atoms with Crippen LogP contribution in [0, 0.1) is 12.8 Å². The number of furan rings is 1. The molecule has 0 bridgehead atoms. The Morgan fingerprint density at radius 2 is 1.73 bits per heavy atom. The van der Waals surface area contributed by atoms with Gasteiger partial charge >= 0.3 is 5.97 Å². The number of carbonyl (C=O) groups is 2. The Kier molecular flexibility index (Phi) is 8.86. The molecular formula is C31H36N2O7S. The molecular weight excluding hydrogens is 544 g/mol. The lowest BCUT2D eigenvalue weighted by Crippen LogP contribution is -2.60. The van der Waals surface area contributed by atoms with Crippen LogP contribution < -0.4 is 10.0 Å². The highest BCUT2D eigenvalue weighted by molar-refractivity contribution is 7.91. The van der Waals surface area contributed by atoms with E-state index in [0.717, 1.165) is 22.1 Å². The normalized spacial score (nSPS) is 18.7. The summed E-state index contributed by atoms with van der Waals surface area (Å²) >= 11 is 0. The number of esters is 1. The number of hydrogen-bond donors (Lipinski definition) is 2. The van der Waals surface area contributed by atoms with E-state index in [1.807, 2.05) is 49.4 Å². The zero-order chi connectivity index (χ0) is 29.9. The van der Waals surface area contributed by atoms with Gasteiger partial charge in [0.1, 0.15) is 11.6 Å². The maximum Gasteiger partial charge on any atom is 0.324 e. The van der Waals surface area contributed by atoms with Crippen molar-refractivity contribution in [1.29, 1.82) is 0 Å². The van der Waals surface area contributed by atoms with Gasteiger partial charge < -0.3 is 19.2 Å². The molecule has 1 aliphatic rings. The molecule has 2 unspecified atom stereocenters. The Morgan fingerprint density at radius 3 is 2.32 bits per heavy atom. The van der Waals surface area contributed by atoms with Gasteiger partial charge in [-0.05, 0) is 48.6 Å². The fourth-order valence-electron chi connectivity index (χ4n) is 4.95. The minimum Gasteiger partial charge on any atom is -0.468 e. The highest BCUT2D eigenvalue weighted by Crippen LogP contribution is 2.35. The van der Waals surface area contributed by atoms with Crippen molar-refractivity contribution in [3.05, 3.63) is 89.2 Å². The zero-order valence-electron chi connectivity index (χ0n) is 24.1. The van der Waals surface area contributed by atoms with Crippen LogP contribution in [0.4, 0.5) is 0 Å². The van der Waals surface area contributed by atoms with Gasteiger partial charge in [0.2, 0.25) is 10.0 Å². The van der Waals surface area contributed by atoms with Crippen LogP contribution in [0.5, 0.6) is 0 Å². The molecule has 1 aliphatic carbocycles. The third kappa shape index (κ3) is 5.86. The van der Waals surface area contributed by atoms with E-state index in [-0.39, 0.29) is 18.3 Å². The van der Waals surface area contributed by atoms with Crippen LogP contribution in [0.1, 0.15) is 60.5 Å². The molecule has 0 fully saturated rings. The summed E-state index contributed by atoms with van der Waals surface area (Å²) in [6, 6.07) is 13.8. The van der Waals surface area contributed by atoms with E-state index in [1.165, 1.54) is 13.2 Å². The van der Waals surface area contributed by atoms with Gasteiger partial charge in [0.05, 0.1) is 13.2 Å². The van der Waals surface area contributed by atoms with Crippen molar-refractivity contribution in [2.24, 2.45) is 5.92 Å². The lowest BCUT2D eigenvalue weighted by atomic mass is 9.96. The molecule has 0 spiro atoms. The summed E-state index contributed by atoms with van der Waals surface area (Å²) in [5, 5.41) is 3.46. The number of fused-ring (bicyclic) bond motifs is 1. The fourth-order valence-corrected chi connectivity index (χ4v) is 6.64. The summed E-state index contributed by atoms with van der Waals surface area (Å²) in [4.78, 5) is 24.3. The van der Waals surface area contributed by atoms with Crippen molar-refractivity contribution >= 4 is 38.4 Å². The van der Waals surface area contributed by atoms with Gasteiger partial charge in [0.25, 0.3) is 5.91 Å². The molecule has 0 saturated heterocycles. The summed E-state index contributed by atoms with van der Waals surface area (Å²) in [6.45, 7) is 7.05. The van der Waals surface area contributed by atoms with Crippen LogP contribution in [-0.2, 0) is 24.3 Å². The molecule has 1 aromatic heterocycles. The second-order valence-corrected chi connectivity index (χ2v) is 12.4. The molecule has 0 aliphatic heterocycles. The number of ether oxygens (including phenoxy) is 2. The first-order valence-electron chi connectivity index (χ1n) is 13.4. The first-order chi connectivity index (χ1) is 19.4. The summed E-state index contributed by atoms with van der Waals surface area (Å²) in [6.07, 6.45) is 4.51. The van der Waals surface area contributed by atoms with Crippen LogP contribution in [0.25, 0.3) is 16.5 Å². The van der Waals surface area contributed by atoms with Gasteiger partial charge in [-0.3, -0.25) is 9.59 Å². The molecule has 0 saturated carbocycles. The minimum absolute atomic E-state index is 0.00931. The number of hydrogen-bond acceptors (Lipinski definition) is 7. The summed E-state index contributed by atoms with van der Waals surface area (Å²) in [7, 11) is -1.60. The quantitative estimate of drug-likeness (QED) is 0.322. The van der Waals surface area contributed by atoms with E-state index in [0.29, 0.717) is 11.1 Å².